The molecule has 0 spiro atoms. The second-order valence-electron chi connectivity index (χ2n) is 5.30. The molecular formula is C14H19N5O. The molecule has 0 aromatic carbocycles. The Morgan fingerprint density at radius 3 is 3.20 bits per heavy atom. The van der Waals surface area contributed by atoms with Gasteiger partial charge < -0.3 is 10.2 Å². The van der Waals surface area contributed by atoms with Gasteiger partial charge in [-0.25, -0.2) is 4.52 Å². The summed E-state index contributed by atoms with van der Waals surface area (Å²) in [6.45, 7) is 1.78. The highest BCUT2D eigenvalue weighted by Gasteiger charge is 2.21. The Morgan fingerprint density at radius 2 is 2.40 bits per heavy atom. The number of rotatable bonds is 3. The highest BCUT2D eigenvalue weighted by Crippen LogP contribution is 2.13. The Kier molecular flexibility index (Phi) is 3.64. The summed E-state index contributed by atoms with van der Waals surface area (Å²) in [6.07, 6.45) is 10.3. The highest BCUT2D eigenvalue weighted by molar-refractivity contribution is 6.00. The number of hydrogen-bond acceptors (Lipinski definition) is 4. The quantitative estimate of drug-likeness (QED) is 0.904. The number of likely N-dealkylation sites (N-methyl/N-ethyl adjacent to an activating group) is 1. The van der Waals surface area contributed by atoms with Crippen molar-refractivity contribution in [2.75, 3.05) is 20.1 Å². The Bertz CT molecular complexity index is 602. The molecule has 20 heavy (non-hydrogen) atoms. The Hall–Kier alpha value is -1.95. The third-order valence-corrected chi connectivity index (χ3v) is 3.81. The lowest BCUT2D eigenvalue weighted by Crippen LogP contribution is -2.44. The van der Waals surface area contributed by atoms with Gasteiger partial charge in [-0.15, -0.1) is 0 Å². The van der Waals surface area contributed by atoms with Crippen molar-refractivity contribution in [3.8, 4) is 0 Å². The predicted molar refractivity (Wildman–Crippen MR) is 75.6 cm³/mol. The predicted octanol–water partition coefficient (Wildman–Crippen LogP) is 0.943. The summed E-state index contributed by atoms with van der Waals surface area (Å²) in [4.78, 5) is 18.3. The van der Waals surface area contributed by atoms with Gasteiger partial charge in [0, 0.05) is 32.0 Å². The van der Waals surface area contributed by atoms with E-state index in [0.717, 1.165) is 25.0 Å². The van der Waals surface area contributed by atoms with E-state index >= 15 is 0 Å². The SMILES string of the molecule is CN(CC1CCCCN1)C(=O)c1cnn2ccncc12. The Balaban J connectivity index is 1.74. The molecule has 106 valence electrons. The summed E-state index contributed by atoms with van der Waals surface area (Å²) in [5.74, 6) is 0.000346. The van der Waals surface area contributed by atoms with Crippen LogP contribution in [0, 0.1) is 0 Å². The first-order valence-corrected chi connectivity index (χ1v) is 7.02. The number of piperidine rings is 1. The summed E-state index contributed by atoms with van der Waals surface area (Å²) in [5.41, 5.74) is 1.36. The van der Waals surface area contributed by atoms with Crippen molar-refractivity contribution in [1.29, 1.82) is 0 Å². The second kappa shape index (κ2) is 5.58. The van der Waals surface area contributed by atoms with E-state index in [-0.39, 0.29) is 5.91 Å². The molecule has 1 atom stereocenters. The molecule has 3 rings (SSSR count). The summed E-state index contributed by atoms with van der Waals surface area (Å²) in [7, 11) is 1.85. The molecule has 1 fully saturated rings. The van der Waals surface area contributed by atoms with Gasteiger partial charge in [0.25, 0.3) is 5.91 Å². The number of amides is 1. The smallest absolute Gasteiger partial charge is 0.257 e. The van der Waals surface area contributed by atoms with Gasteiger partial charge in [-0.2, -0.15) is 5.10 Å². The molecule has 1 aliphatic rings. The summed E-state index contributed by atoms with van der Waals surface area (Å²) in [5, 5.41) is 7.64. The molecule has 0 radical (unpaired) electrons. The topological polar surface area (TPSA) is 62.5 Å². The molecule has 0 aliphatic carbocycles. The third kappa shape index (κ3) is 2.51. The van der Waals surface area contributed by atoms with E-state index in [0.29, 0.717) is 11.6 Å². The molecule has 0 saturated carbocycles. The number of fused-ring (bicyclic) bond motifs is 1. The minimum Gasteiger partial charge on any atom is -0.340 e. The van der Waals surface area contributed by atoms with Gasteiger partial charge >= 0.3 is 0 Å². The van der Waals surface area contributed by atoms with Crippen molar-refractivity contribution < 1.29 is 4.79 Å². The van der Waals surface area contributed by atoms with Crippen LogP contribution in [0.1, 0.15) is 29.6 Å². The first-order chi connectivity index (χ1) is 9.75. The van der Waals surface area contributed by atoms with E-state index in [1.807, 2.05) is 7.05 Å². The number of aromatic nitrogens is 3. The zero-order chi connectivity index (χ0) is 13.9. The van der Waals surface area contributed by atoms with E-state index in [1.165, 1.54) is 12.8 Å². The fraction of sp³-hybridized carbons (Fsp3) is 0.500. The molecule has 2 aromatic rings. The standard InChI is InChI=1S/C14H19N5O/c1-18(10-11-4-2-3-5-16-11)14(20)12-8-17-19-7-6-15-9-13(12)19/h6-9,11,16H,2-5,10H2,1H3. The lowest BCUT2D eigenvalue weighted by atomic mass is 10.0. The maximum atomic E-state index is 12.5. The van der Waals surface area contributed by atoms with Crippen LogP contribution in [0.2, 0.25) is 0 Å². The molecule has 1 saturated heterocycles. The zero-order valence-electron chi connectivity index (χ0n) is 11.6. The minimum absolute atomic E-state index is 0.000346. The molecule has 6 heteroatoms. The molecule has 3 heterocycles. The minimum atomic E-state index is 0.000346. The Morgan fingerprint density at radius 1 is 1.50 bits per heavy atom. The van der Waals surface area contributed by atoms with Crippen LogP contribution in [0.5, 0.6) is 0 Å². The van der Waals surface area contributed by atoms with Gasteiger partial charge in [0.05, 0.1) is 23.5 Å². The van der Waals surface area contributed by atoms with Crippen LogP contribution in [-0.4, -0.2) is 51.6 Å². The number of nitrogens with one attached hydrogen (secondary N) is 1. The molecule has 1 N–H and O–H groups in total. The van der Waals surface area contributed by atoms with Gasteiger partial charge in [0.15, 0.2) is 0 Å². The van der Waals surface area contributed by atoms with Crippen LogP contribution in [0.25, 0.3) is 5.52 Å². The van der Waals surface area contributed by atoms with Gasteiger partial charge in [0.2, 0.25) is 0 Å². The fourth-order valence-corrected chi connectivity index (χ4v) is 2.70. The van der Waals surface area contributed by atoms with Crippen molar-refractivity contribution in [1.82, 2.24) is 24.8 Å². The van der Waals surface area contributed by atoms with Crippen molar-refractivity contribution in [2.45, 2.75) is 25.3 Å². The largest absolute Gasteiger partial charge is 0.340 e. The number of carbonyl (C=O) groups is 1. The zero-order valence-corrected chi connectivity index (χ0v) is 11.6. The van der Waals surface area contributed by atoms with Crippen molar-refractivity contribution >= 4 is 11.4 Å². The van der Waals surface area contributed by atoms with E-state index in [9.17, 15) is 4.79 Å². The fourth-order valence-electron chi connectivity index (χ4n) is 2.70. The molecule has 1 aliphatic heterocycles. The van der Waals surface area contributed by atoms with Crippen LogP contribution in [-0.2, 0) is 0 Å². The average Bonchev–Trinajstić information content (AvgIpc) is 2.91. The summed E-state index contributed by atoms with van der Waals surface area (Å²) < 4.78 is 1.67. The number of carbonyl (C=O) groups excluding carboxylic acids is 1. The lowest BCUT2D eigenvalue weighted by molar-refractivity contribution is 0.0777. The van der Waals surface area contributed by atoms with Gasteiger partial charge in [0.1, 0.15) is 0 Å². The lowest BCUT2D eigenvalue weighted by Gasteiger charge is -2.28. The maximum Gasteiger partial charge on any atom is 0.257 e. The first kappa shape index (κ1) is 13.1. The maximum absolute atomic E-state index is 12.5. The molecule has 2 aromatic heterocycles. The van der Waals surface area contributed by atoms with E-state index in [4.69, 9.17) is 0 Å². The van der Waals surface area contributed by atoms with Crippen LogP contribution >= 0.6 is 0 Å². The van der Waals surface area contributed by atoms with Crippen molar-refractivity contribution in [3.05, 3.63) is 30.4 Å². The molecular weight excluding hydrogens is 254 g/mol. The summed E-state index contributed by atoms with van der Waals surface area (Å²) >= 11 is 0. The third-order valence-electron chi connectivity index (χ3n) is 3.81. The van der Waals surface area contributed by atoms with Crippen LogP contribution in [0.15, 0.2) is 24.8 Å². The van der Waals surface area contributed by atoms with Gasteiger partial charge in [-0.3, -0.25) is 9.78 Å². The Labute approximate surface area is 117 Å². The van der Waals surface area contributed by atoms with Crippen LogP contribution in [0.3, 0.4) is 0 Å². The summed E-state index contributed by atoms with van der Waals surface area (Å²) in [6, 6.07) is 0.401. The van der Waals surface area contributed by atoms with Gasteiger partial charge in [-0.1, -0.05) is 6.42 Å². The van der Waals surface area contributed by atoms with E-state index in [2.05, 4.69) is 15.4 Å². The monoisotopic (exact) mass is 273 g/mol. The van der Waals surface area contributed by atoms with E-state index < -0.39 is 0 Å². The molecule has 1 amide bonds. The first-order valence-electron chi connectivity index (χ1n) is 7.02. The van der Waals surface area contributed by atoms with Crippen molar-refractivity contribution in [2.24, 2.45) is 0 Å². The van der Waals surface area contributed by atoms with Crippen molar-refractivity contribution in [3.63, 3.8) is 0 Å². The molecule has 6 nitrogen and oxygen atoms in total. The second-order valence-corrected chi connectivity index (χ2v) is 5.30. The average molecular weight is 273 g/mol. The molecule has 0 bridgehead atoms. The molecule has 1 unspecified atom stereocenters. The van der Waals surface area contributed by atoms with Crippen LogP contribution < -0.4 is 5.32 Å². The van der Waals surface area contributed by atoms with Crippen LogP contribution in [0.4, 0.5) is 0 Å². The van der Waals surface area contributed by atoms with Gasteiger partial charge in [-0.05, 0) is 19.4 Å². The van der Waals surface area contributed by atoms with E-state index in [1.54, 1.807) is 34.2 Å². The highest BCUT2D eigenvalue weighted by atomic mass is 16.2. The number of nitrogens with zero attached hydrogens (tertiary/aromatic N) is 4. The normalized spacial score (nSPS) is 19.1. The number of hydrogen-bond donors (Lipinski definition) is 1.